The molecule has 0 saturated carbocycles. The van der Waals surface area contributed by atoms with Crippen LogP contribution in [-0.2, 0) is 11.3 Å². The molecule has 0 radical (unpaired) electrons. The number of aromatic amines is 1. The highest BCUT2D eigenvalue weighted by Gasteiger charge is 2.35. The molecule has 2 aromatic carbocycles. The number of halogens is 1. The number of fused-ring (bicyclic) bond motifs is 2. The SMILES string of the molecule is C=CC[C@H]1c2ccc(NC(=O)c3cc(Br)cc4[nH]ccc34)cc2CN1C(=O)OC(C)(C)C. The van der Waals surface area contributed by atoms with Gasteiger partial charge in [0, 0.05) is 27.3 Å². The number of ether oxygens (including phenoxy) is 1. The van der Waals surface area contributed by atoms with Gasteiger partial charge in [-0.15, -0.1) is 6.58 Å². The zero-order valence-corrected chi connectivity index (χ0v) is 20.0. The normalized spacial score (nSPS) is 15.5. The predicted molar refractivity (Wildman–Crippen MR) is 130 cm³/mol. The summed E-state index contributed by atoms with van der Waals surface area (Å²) in [5.74, 6) is -0.194. The number of nitrogens with one attached hydrogen (secondary N) is 2. The van der Waals surface area contributed by atoms with Gasteiger partial charge in [-0.2, -0.15) is 0 Å². The smallest absolute Gasteiger partial charge is 0.411 e. The van der Waals surface area contributed by atoms with E-state index in [9.17, 15) is 9.59 Å². The van der Waals surface area contributed by atoms with Crippen molar-refractivity contribution in [3.63, 3.8) is 0 Å². The molecule has 0 spiro atoms. The highest BCUT2D eigenvalue weighted by molar-refractivity contribution is 9.10. The first-order valence-corrected chi connectivity index (χ1v) is 11.3. The molecule has 1 aliphatic heterocycles. The summed E-state index contributed by atoms with van der Waals surface area (Å²) in [7, 11) is 0. The summed E-state index contributed by atoms with van der Waals surface area (Å²) in [6, 6.07) is 11.3. The van der Waals surface area contributed by atoms with E-state index in [0.717, 1.165) is 26.5 Å². The molecule has 6 nitrogen and oxygen atoms in total. The lowest BCUT2D eigenvalue weighted by molar-refractivity contribution is 0.0174. The fourth-order valence-corrected chi connectivity index (χ4v) is 4.51. The minimum Gasteiger partial charge on any atom is -0.444 e. The Hall–Kier alpha value is -3.06. The number of rotatable bonds is 4. The molecule has 7 heteroatoms. The van der Waals surface area contributed by atoms with E-state index in [0.29, 0.717) is 24.2 Å². The fourth-order valence-electron chi connectivity index (χ4n) is 4.05. The number of hydrogen-bond donors (Lipinski definition) is 2. The molecular weight excluding hydrogens is 470 g/mol. The van der Waals surface area contributed by atoms with Gasteiger partial charge in [0.1, 0.15) is 5.60 Å². The summed E-state index contributed by atoms with van der Waals surface area (Å²) in [5, 5.41) is 3.85. The quantitative estimate of drug-likeness (QED) is 0.402. The number of benzene rings is 2. The van der Waals surface area contributed by atoms with Gasteiger partial charge in [-0.3, -0.25) is 9.69 Å². The molecule has 0 aliphatic carbocycles. The van der Waals surface area contributed by atoms with Crippen LogP contribution >= 0.6 is 15.9 Å². The predicted octanol–water partition coefficient (Wildman–Crippen LogP) is 6.55. The fraction of sp³-hybridized carbons (Fsp3) is 0.280. The molecule has 1 aromatic heterocycles. The summed E-state index contributed by atoms with van der Waals surface area (Å²) in [5.41, 5.74) is 3.61. The van der Waals surface area contributed by atoms with Crippen LogP contribution in [0.1, 0.15) is 54.7 Å². The topological polar surface area (TPSA) is 74.4 Å². The van der Waals surface area contributed by atoms with Crippen LogP contribution in [0.5, 0.6) is 0 Å². The van der Waals surface area contributed by atoms with Crippen LogP contribution in [-0.4, -0.2) is 27.5 Å². The van der Waals surface area contributed by atoms with E-state index in [1.54, 1.807) is 4.90 Å². The second kappa shape index (κ2) is 8.47. The molecule has 3 aromatic rings. The zero-order chi connectivity index (χ0) is 23.0. The lowest BCUT2D eigenvalue weighted by atomic mass is 10.0. The number of anilines is 1. The van der Waals surface area contributed by atoms with Crippen molar-refractivity contribution in [3.05, 3.63) is 76.4 Å². The highest BCUT2D eigenvalue weighted by atomic mass is 79.9. The number of carbonyl (C=O) groups excluding carboxylic acids is 2. The molecule has 2 amide bonds. The van der Waals surface area contributed by atoms with Crippen molar-refractivity contribution < 1.29 is 14.3 Å². The van der Waals surface area contributed by atoms with Crippen LogP contribution in [0.4, 0.5) is 10.5 Å². The maximum atomic E-state index is 13.0. The van der Waals surface area contributed by atoms with E-state index in [1.165, 1.54) is 0 Å². The Kier molecular flexibility index (Phi) is 5.86. The Balaban J connectivity index is 1.59. The molecule has 2 N–H and O–H groups in total. The molecule has 2 heterocycles. The van der Waals surface area contributed by atoms with E-state index >= 15 is 0 Å². The van der Waals surface area contributed by atoms with Gasteiger partial charge in [-0.25, -0.2) is 4.79 Å². The second-order valence-electron chi connectivity index (χ2n) is 8.91. The molecule has 4 rings (SSSR count). The van der Waals surface area contributed by atoms with Gasteiger partial charge < -0.3 is 15.0 Å². The van der Waals surface area contributed by atoms with Crippen molar-refractivity contribution in [2.75, 3.05) is 5.32 Å². The Morgan fingerprint density at radius 3 is 2.78 bits per heavy atom. The molecule has 0 fully saturated rings. The monoisotopic (exact) mass is 495 g/mol. The summed E-state index contributed by atoms with van der Waals surface area (Å²) in [6.45, 7) is 9.83. The number of amides is 2. The van der Waals surface area contributed by atoms with Gasteiger partial charge in [0.2, 0.25) is 0 Å². The van der Waals surface area contributed by atoms with Crippen LogP contribution in [0, 0.1) is 0 Å². The number of nitrogens with zero attached hydrogens (tertiary/aromatic N) is 1. The maximum Gasteiger partial charge on any atom is 0.411 e. The van der Waals surface area contributed by atoms with Crippen LogP contribution < -0.4 is 5.32 Å². The van der Waals surface area contributed by atoms with Gasteiger partial charge in [-0.1, -0.05) is 28.1 Å². The Morgan fingerprint density at radius 2 is 2.06 bits per heavy atom. The van der Waals surface area contributed by atoms with Crippen LogP contribution in [0.15, 0.2) is 59.7 Å². The molecular formula is C25H26BrN3O3. The average molecular weight is 496 g/mol. The van der Waals surface area contributed by atoms with E-state index in [-0.39, 0.29) is 18.0 Å². The highest BCUT2D eigenvalue weighted by Crippen LogP contribution is 2.38. The molecule has 32 heavy (non-hydrogen) atoms. The Labute approximate surface area is 195 Å². The molecule has 0 saturated heterocycles. The van der Waals surface area contributed by atoms with Crippen molar-refractivity contribution in [2.45, 2.75) is 45.4 Å². The van der Waals surface area contributed by atoms with E-state index in [4.69, 9.17) is 4.74 Å². The Bertz CT molecular complexity index is 1210. The number of carbonyl (C=O) groups is 2. The van der Waals surface area contributed by atoms with Crippen molar-refractivity contribution in [1.29, 1.82) is 0 Å². The van der Waals surface area contributed by atoms with Crippen LogP contribution in [0.2, 0.25) is 0 Å². The standard InChI is InChI=1S/C25H26BrN3O3/c1-5-6-22-18-8-7-17(11-15(18)14-29(22)24(31)32-25(2,3)4)28-23(30)20-12-16(26)13-21-19(20)9-10-27-21/h5,7-13,22,27H,1,6,14H2,2-4H3,(H,28,30)/t22-/m0/s1. The molecule has 0 bridgehead atoms. The first-order chi connectivity index (χ1) is 15.2. The van der Waals surface area contributed by atoms with Gasteiger partial charge in [0.25, 0.3) is 5.91 Å². The maximum absolute atomic E-state index is 13.0. The van der Waals surface area contributed by atoms with Crippen molar-refractivity contribution in [2.24, 2.45) is 0 Å². The van der Waals surface area contributed by atoms with Gasteiger partial charge in [0.05, 0.1) is 18.2 Å². The second-order valence-corrected chi connectivity index (χ2v) is 9.82. The summed E-state index contributed by atoms with van der Waals surface area (Å²) < 4.78 is 6.43. The minimum absolute atomic E-state index is 0.133. The largest absolute Gasteiger partial charge is 0.444 e. The lowest BCUT2D eigenvalue weighted by Gasteiger charge is -2.28. The average Bonchev–Trinajstić information content (AvgIpc) is 3.30. The Morgan fingerprint density at radius 1 is 1.28 bits per heavy atom. The third-order valence-corrected chi connectivity index (χ3v) is 5.83. The van der Waals surface area contributed by atoms with Crippen molar-refractivity contribution >= 4 is 44.5 Å². The van der Waals surface area contributed by atoms with Crippen molar-refractivity contribution in [1.82, 2.24) is 9.88 Å². The summed E-state index contributed by atoms with van der Waals surface area (Å²) in [4.78, 5) is 30.7. The molecule has 166 valence electrons. The van der Waals surface area contributed by atoms with Crippen LogP contribution in [0.3, 0.4) is 0 Å². The molecule has 1 aliphatic rings. The summed E-state index contributed by atoms with van der Waals surface area (Å²) in [6.07, 6.45) is 3.90. The zero-order valence-electron chi connectivity index (χ0n) is 18.4. The van der Waals surface area contributed by atoms with Gasteiger partial charge in [-0.05, 0) is 68.7 Å². The third-order valence-electron chi connectivity index (χ3n) is 5.37. The van der Waals surface area contributed by atoms with E-state index in [1.807, 2.05) is 69.4 Å². The van der Waals surface area contributed by atoms with E-state index in [2.05, 4.69) is 32.8 Å². The minimum atomic E-state index is -0.572. The molecule has 0 unspecified atom stereocenters. The van der Waals surface area contributed by atoms with Gasteiger partial charge >= 0.3 is 6.09 Å². The third kappa shape index (κ3) is 4.43. The summed E-state index contributed by atoms with van der Waals surface area (Å²) >= 11 is 3.47. The van der Waals surface area contributed by atoms with Gasteiger partial charge in [0.15, 0.2) is 0 Å². The van der Waals surface area contributed by atoms with Crippen LogP contribution in [0.25, 0.3) is 10.9 Å². The first kappa shape index (κ1) is 22.1. The van der Waals surface area contributed by atoms with Crippen molar-refractivity contribution in [3.8, 4) is 0 Å². The first-order valence-electron chi connectivity index (χ1n) is 10.5. The number of H-pyrrole nitrogens is 1. The van der Waals surface area contributed by atoms with E-state index < -0.39 is 5.60 Å². The lowest BCUT2D eigenvalue weighted by Crippen LogP contribution is -2.35. The number of hydrogen-bond acceptors (Lipinski definition) is 3. The molecule has 1 atom stereocenters. The number of aromatic nitrogens is 1.